The third-order valence-corrected chi connectivity index (χ3v) is 4.87. The van der Waals surface area contributed by atoms with Gasteiger partial charge in [0.15, 0.2) is 0 Å². The zero-order chi connectivity index (χ0) is 26.9. The molecule has 0 heterocycles. The highest BCUT2D eigenvalue weighted by molar-refractivity contribution is 7.80. The van der Waals surface area contributed by atoms with Crippen molar-refractivity contribution in [1.82, 2.24) is 0 Å². The van der Waals surface area contributed by atoms with Crippen molar-refractivity contribution in [2.45, 2.75) is 45.4 Å². The molecular formula is C22H44O8S4. The lowest BCUT2D eigenvalue weighted by Gasteiger charge is -2.32. The van der Waals surface area contributed by atoms with Crippen molar-refractivity contribution in [3.8, 4) is 0 Å². The molecule has 34 heavy (non-hydrogen) atoms. The van der Waals surface area contributed by atoms with Crippen LogP contribution in [-0.4, -0.2) is 88.7 Å². The molecule has 0 radical (unpaired) electrons. The van der Waals surface area contributed by atoms with Crippen LogP contribution in [0, 0.1) is 5.41 Å². The number of methoxy groups -OCH3 is 2. The average Bonchev–Trinajstić information content (AvgIpc) is 2.84. The van der Waals surface area contributed by atoms with Gasteiger partial charge in [0, 0.05) is 44.8 Å². The molecule has 8 nitrogen and oxygen atoms in total. The number of hydrogen-bond acceptors (Lipinski definition) is 12. The predicted octanol–water partition coefficient (Wildman–Crippen LogP) is 3.42. The van der Waals surface area contributed by atoms with E-state index in [0.717, 1.165) is 18.3 Å². The van der Waals surface area contributed by atoms with Gasteiger partial charge in [-0.25, -0.2) is 0 Å². The summed E-state index contributed by atoms with van der Waals surface area (Å²) in [6.07, 6.45) is 5.49. The van der Waals surface area contributed by atoms with Gasteiger partial charge in [-0.1, -0.05) is 6.92 Å². The minimum absolute atomic E-state index is 0.207. The van der Waals surface area contributed by atoms with Crippen LogP contribution in [0.15, 0.2) is 0 Å². The zero-order valence-electron chi connectivity index (χ0n) is 20.7. The molecule has 0 aliphatic heterocycles. The Morgan fingerprint density at radius 2 is 1.32 bits per heavy atom. The number of esters is 1. The number of thiol groups is 4. The van der Waals surface area contributed by atoms with Gasteiger partial charge in [-0.15, -0.1) is 0 Å². The van der Waals surface area contributed by atoms with Crippen molar-refractivity contribution in [2.75, 3.05) is 63.7 Å². The maximum Gasteiger partial charge on any atom is 0.306 e. The van der Waals surface area contributed by atoms with Crippen molar-refractivity contribution in [3.05, 3.63) is 0 Å². The van der Waals surface area contributed by atoms with Crippen LogP contribution in [0.3, 0.4) is 0 Å². The Hall–Kier alpha value is -0.400. The molecular weight excluding hydrogens is 521 g/mol. The molecule has 0 bridgehead atoms. The summed E-state index contributed by atoms with van der Waals surface area (Å²) in [5, 5.41) is 0. The van der Waals surface area contributed by atoms with E-state index >= 15 is 0 Å². The van der Waals surface area contributed by atoms with Gasteiger partial charge in [-0.2, -0.15) is 50.5 Å². The number of ether oxygens (including phenoxy) is 4. The fraction of sp³-hybridized carbons (Fsp3) is 0.818. The molecule has 0 aromatic heterocycles. The minimum atomic E-state index is -0.417. The summed E-state index contributed by atoms with van der Waals surface area (Å²) in [6, 6.07) is 0. The third-order valence-electron chi connectivity index (χ3n) is 3.68. The molecule has 0 amide bonds. The molecule has 0 spiro atoms. The lowest BCUT2D eigenvalue weighted by atomic mass is 9.83. The first-order valence-electron chi connectivity index (χ1n) is 10.9. The molecule has 1 atom stereocenters. The van der Waals surface area contributed by atoms with E-state index in [-0.39, 0.29) is 25.6 Å². The van der Waals surface area contributed by atoms with Gasteiger partial charge in [0.1, 0.15) is 12.6 Å². The fourth-order valence-corrected chi connectivity index (χ4v) is 2.30. The van der Waals surface area contributed by atoms with Crippen molar-refractivity contribution < 1.29 is 38.1 Å². The summed E-state index contributed by atoms with van der Waals surface area (Å²) in [7, 11) is 3.18. The van der Waals surface area contributed by atoms with Crippen LogP contribution in [0.4, 0.5) is 0 Å². The number of carbonyl (C=O) groups is 4. The Morgan fingerprint density at radius 1 is 0.794 bits per heavy atom. The summed E-state index contributed by atoms with van der Waals surface area (Å²) in [5.74, 6) is 2.50. The largest absolute Gasteiger partial charge is 0.468 e. The van der Waals surface area contributed by atoms with E-state index in [0.29, 0.717) is 62.6 Å². The Kier molecular flexibility index (Phi) is 44.5. The van der Waals surface area contributed by atoms with Crippen LogP contribution in [0.1, 0.15) is 45.4 Å². The van der Waals surface area contributed by atoms with Gasteiger partial charge >= 0.3 is 5.97 Å². The second-order valence-electron chi connectivity index (χ2n) is 6.61. The molecule has 12 heteroatoms. The summed E-state index contributed by atoms with van der Waals surface area (Å²) in [4.78, 5) is 40.4. The minimum Gasteiger partial charge on any atom is -0.468 e. The first kappa shape index (κ1) is 40.8. The quantitative estimate of drug-likeness (QED) is 0.0869. The summed E-state index contributed by atoms with van der Waals surface area (Å²) in [5.41, 5.74) is -0.417. The summed E-state index contributed by atoms with van der Waals surface area (Å²) < 4.78 is 20.3. The van der Waals surface area contributed by atoms with Crippen molar-refractivity contribution in [2.24, 2.45) is 5.41 Å². The van der Waals surface area contributed by atoms with Crippen LogP contribution in [0.5, 0.6) is 0 Å². The Balaban J connectivity index is -0.000000260. The van der Waals surface area contributed by atoms with Crippen LogP contribution in [0.2, 0.25) is 0 Å². The third kappa shape index (κ3) is 36.2. The highest BCUT2D eigenvalue weighted by atomic mass is 32.1. The smallest absolute Gasteiger partial charge is 0.306 e. The normalized spacial score (nSPS) is 11.0. The maximum atomic E-state index is 11.5. The van der Waals surface area contributed by atoms with Gasteiger partial charge in [0.25, 0.3) is 6.47 Å². The molecule has 0 fully saturated rings. The van der Waals surface area contributed by atoms with Gasteiger partial charge in [0.05, 0.1) is 26.2 Å². The Morgan fingerprint density at radius 3 is 1.65 bits per heavy atom. The second-order valence-corrected chi connectivity index (χ2v) is 8.40. The van der Waals surface area contributed by atoms with Crippen LogP contribution >= 0.6 is 50.5 Å². The van der Waals surface area contributed by atoms with Gasteiger partial charge < -0.3 is 28.5 Å². The van der Waals surface area contributed by atoms with Crippen LogP contribution < -0.4 is 0 Å². The molecule has 204 valence electrons. The zero-order valence-corrected chi connectivity index (χ0v) is 24.3. The molecule has 0 aromatic rings. The highest BCUT2D eigenvalue weighted by Gasteiger charge is 2.32. The lowest BCUT2D eigenvalue weighted by molar-refractivity contribution is -0.150. The molecule has 0 aliphatic rings. The van der Waals surface area contributed by atoms with E-state index in [2.05, 4.69) is 57.4 Å². The van der Waals surface area contributed by atoms with E-state index in [1.165, 1.54) is 6.42 Å². The van der Waals surface area contributed by atoms with E-state index < -0.39 is 5.41 Å². The molecule has 0 saturated carbocycles. The highest BCUT2D eigenvalue weighted by Crippen LogP contribution is 2.28. The molecule has 1 unspecified atom stereocenters. The molecule has 0 N–H and O–H groups in total. The average molecular weight is 565 g/mol. The monoisotopic (exact) mass is 564 g/mol. The van der Waals surface area contributed by atoms with Crippen molar-refractivity contribution in [1.29, 1.82) is 0 Å². The Labute approximate surface area is 227 Å². The van der Waals surface area contributed by atoms with Crippen molar-refractivity contribution >= 4 is 75.5 Å². The van der Waals surface area contributed by atoms with Gasteiger partial charge in [-0.05, 0) is 36.5 Å². The molecule has 0 rings (SSSR count). The van der Waals surface area contributed by atoms with Crippen molar-refractivity contribution in [3.63, 3.8) is 0 Å². The predicted molar refractivity (Wildman–Crippen MR) is 150 cm³/mol. The molecule has 0 saturated heterocycles. The van der Waals surface area contributed by atoms with Crippen LogP contribution in [0.25, 0.3) is 0 Å². The first-order chi connectivity index (χ1) is 16.4. The fourth-order valence-electron chi connectivity index (χ4n) is 1.91. The lowest BCUT2D eigenvalue weighted by Crippen LogP contribution is -2.35. The number of hydrogen-bond donors (Lipinski definition) is 4. The number of rotatable bonds is 18. The van der Waals surface area contributed by atoms with E-state index in [1.807, 2.05) is 0 Å². The maximum absolute atomic E-state index is 11.5. The van der Waals surface area contributed by atoms with Gasteiger partial charge in [-0.3, -0.25) is 9.59 Å². The summed E-state index contributed by atoms with van der Waals surface area (Å²) in [6.45, 7) is 3.87. The second kappa shape index (κ2) is 37.2. The summed E-state index contributed by atoms with van der Waals surface area (Å²) >= 11 is 15.4. The molecule has 0 aromatic carbocycles. The first-order valence-corrected chi connectivity index (χ1v) is 13.4. The molecule has 0 aliphatic carbocycles. The van der Waals surface area contributed by atoms with E-state index in [1.54, 1.807) is 14.2 Å². The number of carbonyl (C=O) groups excluding carboxylic acids is 4. The van der Waals surface area contributed by atoms with E-state index in [4.69, 9.17) is 18.9 Å². The topological polar surface area (TPSA) is 105 Å². The Bertz CT molecular complexity index is 433. The number of aldehydes is 2. The SMILES string of the molecule is CCCS.COCCC(CCOC=O)(COC)COC(=O)CCS.O=CCCS.O=CCCS. The van der Waals surface area contributed by atoms with Gasteiger partial charge in [0.2, 0.25) is 0 Å². The van der Waals surface area contributed by atoms with Crippen LogP contribution in [-0.2, 0) is 38.1 Å². The standard InChI is InChI=1S/C13H24O6S.2C3H6OS.C3H8S/c1-16-6-4-13(9-17-2,5-7-18-11-14)10-19-12(15)3-8-20;2*4-2-1-3-5;1-2-3-4/h11,20H,3-10H2,1-2H3;2*2,5H,1,3H2;4H,2-3H2,1H3. The van der Waals surface area contributed by atoms with E-state index in [9.17, 15) is 19.2 Å².